The highest BCUT2D eigenvalue weighted by Crippen LogP contribution is 2.21. The third-order valence-corrected chi connectivity index (χ3v) is 5.75. The van der Waals surface area contributed by atoms with Gasteiger partial charge in [-0.3, -0.25) is 0 Å². The van der Waals surface area contributed by atoms with Crippen LogP contribution in [-0.4, -0.2) is 9.97 Å². The molecular formula is C29H25F3N2. The van der Waals surface area contributed by atoms with Crippen LogP contribution in [0, 0.1) is 29.3 Å². The predicted molar refractivity (Wildman–Crippen MR) is 129 cm³/mol. The first kappa shape index (κ1) is 23.5. The van der Waals surface area contributed by atoms with Crippen LogP contribution in [0.5, 0.6) is 0 Å². The first-order valence-corrected chi connectivity index (χ1v) is 11.5. The van der Waals surface area contributed by atoms with Crippen molar-refractivity contribution in [2.24, 2.45) is 0 Å². The molecule has 5 heteroatoms. The van der Waals surface area contributed by atoms with Crippen molar-refractivity contribution in [1.29, 1.82) is 0 Å². The van der Waals surface area contributed by atoms with Crippen molar-refractivity contribution in [2.45, 2.75) is 45.4 Å². The lowest BCUT2D eigenvalue weighted by atomic mass is 10.0. The molecular weight excluding hydrogens is 433 g/mol. The number of fused-ring (bicyclic) bond motifs is 1. The Hall–Kier alpha value is -3.65. The SMILES string of the molecule is CCCCCc1cnc(CCc2ccc(C#Cc3ccc4c(F)c(F)ccc4c3)c(F)c2)nc1. The summed E-state index contributed by atoms with van der Waals surface area (Å²) in [7, 11) is 0. The third-order valence-electron chi connectivity index (χ3n) is 5.75. The van der Waals surface area contributed by atoms with E-state index >= 15 is 0 Å². The normalized spacial score (nSPS) is 10.8. The summed E-state index contributed by atoms with van der Waals surface area (Å²) in [6.45, 7) is 2.18. The quantitative estimate of drug-likeness (QED) is 0.221. The van der Waals surface area contributed by atoms with Crippen LogP contribution in [-0.2, 0) is 19.3 Å². The smallest absolute Gasteiger partial charge is 0.166 e. The standard InChI is InChI=1S/C29H25F3N2/c1-2-3-4-5-22-18-33-28(34-19-22)15-9-21-7-11-23(27(31)17-21)10-6-20-8-13-25-24(16-20)12-14-26(30)29(25)32/h7-8,11-14,16-19H,2-5,9,15H2,1H3. The van der Waals surface area contributed by atoms with Crippen LogP contribution in [0.1, 0.15) is 54.3 Å². The fourth-order valence-corrected chi connectivity index (χ4v) is 3.77. The molecule has 0 amide bonds. The maximum absolute atomic E-state index is 14.6. The lowest BCUT2D eigenvalue weighted by Gasteiger charge is -2.04. The van der Waals surface area contributed by atoms with Gasteiger partial charge in [-0.25, -0.2) is 23.1 Å². The molecule has 1 heterocycles. The Morgan fingerprint density at radius 2 is 1.56 bits per heavy atom. The summed E-state index contributed by atoms with van der Waals surface area (Å²) in [5.41, 5.74) is 2.87. The van der Waals surface area contributed by atoms with E-state index < -0.39 is 17.5 Å². The van der Waals surface area contributed by atoms with E-state index in [1.54, 1.807) is 18.2 Å². The second kappa shape index (κ2) is 11.0. The summed E-state index contributed by atoms with van der Waals surface area (Å²) in [6, 6.07) is 12.3. The molecule has 0 unspecified atom stereocenters. The molecule has 0 aliphatic rings. The zero-order valence-corrected chi connectivity index (χ0v) is 19.0. The fraction of sp³-hybridized carbons (Fsp3) is 0.241. The summed E-state index contributed by atoms with van der Waals surface area (Å²) < 4.78 is 41.8. The van der Waals surface area contributed by atoms with E-state index in [2.05, 4.69) is 28.7 Å². The average Bonchev–Trinajstić information content (AvgIpc) is 2.85. The Balaban J connectivity index is 1.40. The molecule has 1 aromatic heterocycles. The zero-order chi connectivity index (χ0) is 23.9. The molecule has 0 aliphatic carbocycles. The molecule has 172 valence electrons. The topological polar surface area (TPSA) is 25.8 Å². The summed E-state index contributed by atoms with van der Waals surface area (Å²) in [5, 5.41) is 0.730. The number of nitrogens with zero attached hydrogens (tertiary/aromatic N) is 2. The highest BCUT2D eigenvalue weighted by Gasteiger charge is 2.07. The molecule has 0 radical (unpaired) electrons. The van der Waals surface area contributed by atoms with Gasteiger partial charge in [0.1, 0.15) is 11.6 Å². The Bertz CT molecular complexity index is 1350. The summed E-state index contributed by atoms with van der Waals surface area (Å²) in [4.78, 5) is 8.87. The monoisotopic (exact) mass is 458 g/mol. The summed E-state index contributed by atoms with van der Waals surface area (Å²) >= 11 is 0. The molecule has 0 aliphatic heterocycles. The third kappa shape index (κ3) is 5.82. The Kier molecular flexibility index (Phi) is 7.59. The largest absolute Gasteiger partial charge is 0.241 e. The molecule has 0 saturated carbocycles. The minimum Gasteiger partial charge on any atom is -0.241 e. The van der Waals surface area contributed by atoms with E-state index in [4.69, 9.17) is 0 Å². The van der Waals surface area contributed by atoms with E-state index in [1.165, 1.54) is 31.0 Å². The van der Waals surface area contributed by atoms with Crippen LogP contribution in [0.3, 0.4) is 0 Å². The van der Waals surface area contributed by atoms with Crippen LogP contribution in [0.25, 0.3) is 10.8 Å². The Morgan fingerprint density at radius 1 is 0.735 bits per heavy atom. The first-order valence-electron chi connectivity index (χ1n) is 11.5. The number of aryl methyl sites for hydroxylation is 3. The van der Waals surface area contributed by atoms with Crippen LogP contribution in [0.4, 0.5) is 13.2 Å². The molecule has 0 saturated heterocycles. The first-order chi connectivity index (χ1) is 16.5. The number of unbranched alkanes of at least 4 members (excludes halogenated alkanes) is 2. The van der Waals surface area contributed by atoms with E-state index in [1.807, 2.05) is 18.5 Å². The molecule has 0 spiro atoms. The molecule has 4 aromatic rings. The van der Waals surface area contributed by atoms with Crippen LogP contribution in [0.2, 0.25) is 0 Å². The highest BCUT2D eigenvalue weighted by atomic mass is 19.2. The molecule has 0 atom stereocenters. The molecule has 0 bridgehead atoms. The number of halogens is 3. The van der Waals surface area contributed by atoms with Gasteiger partial charge in [-0.15, -0.1) is 0 Å². The molecule has 4 rings (SSSR count). The molecule has 34 heavy (non-hydrogen) atoms. The number of rotatable bonds is 7. The number of hydrogen-bond donors (Lipinski definition) is 0. The molecule has 0 fully saturated rings. The van der Waals surface area contributed by atoms with Gasteiger partial charge in [0.2, 0.25) is 0 Å². The van der Waals surface area contributed by atoms with Crippen molar-refractivity contribution in [3.05, 3.63) is 106 Å². The van der Waals surface area contributed by atoms with Gasteiger partial charge < -0.3 is 0 Å². The molecule has 2 nitrogen and oxygen atoms in total. The van der Waals surface area contributed by atoms with Gasteiger partial charge in [0.05, 0.1) is 5.56 Å². The van der Waals surface area contributed by atoms with E-state index in [0.29, 0.717) is 23.8 Å². The van der Waals surface area contributed by atoms with Crippen molar-refractivity contribution in [3.63, 3.8) is 0 Å². The summed E-state index contributed by atoms with van der Waals surface area (Å²) in [5.74, 6) is 4.31. The number of hydrogen-bond acceptors (Lipinski definition) is 2. The van der Waals surface area contributed by atoms with Gasteiger partial charge in [-0.05, 0) is 66.1 Å². The van der Waals surface area contributed by atoms with E-state index in [9.17, 15) is 13.2 Å². The predicted octanol–water partition coefficient (Wildman–Crippen LogP) is 6.96. The lowest BCUT2D eigenvalue weighted by Crippen LogP contribution is -2.00. The van der Waals surface area contributed by atoms with Crippen molar-refractivity contribution in [3.8, 4) is 11.8 Å². The number of benzene rings is 3. The van der Waals surface area contributed by atoms with Gasteiger partial charge in [0.15, 0.2) is 11.6 Å². The van der Waals surface area contributed by atoms with Gasteiger partial charge >= 0.3 is 0 Å². The van der Waals surface area contributed by atoms with Crippen molar-refractivity contribution >= 4 is 10.8 Å². The lowest BCUT2D eigenvalue weighted by molar-refractivity contribution is 0.517. The number of aromatic nitrogens is 2. The average molecular weight is 459 g/mol. The van der Waals surface area contributed by atoms with Crippen molar-refractivity contribution < 1.29 is 13.2 Å². The fourth-order valence-electron chi connectivity index (χ4n) is 3.77. The van der Waals surface area contributed by atoms with Crippen LogP contribution >= 0.6 is 0 Å². The van der Waals surface area contributed by atoms with Crippen LogP contribution in [0.15, 0.2) is 60.9 Å². The summed E-state index contributed by atoms with van der Waals surface area (Å²) in [6.07, 6.45) is 9.57. The maximum Gasteiger partial charge on any atom is 0.166 e. The van der Waals surface area contributed by atoms with E-state index in [-0.39, 0.29) is 10.9 Å². The van der Waals surface area contributed by atoms with Gasteiger partial charge in [-0.1, -0.05) is 49.8 Å². The second-order valence-electron chi connectivity index (χ2n) is 8.33. The van der Waals surface area contributed by atoms with E-state index in [0.717, 1.165) is 35.9 Å². The minimum atomic E-state index is -0.889. The van der Waals surface area contributed by atoms with Gasteiger partial charge in [0.25, 0.3) is 0 Å². The minimum absolute atomic E-state index is 0.191. The Labute approximate surface area is 197 Å². The van der Waals surface area contributed by atoms with Crippen molar-refractivity contribution in [1.82, 2.24) is 9.97 Å². The van der Waals surface area contributed by atoms with Gasteiger partial charge in [-0.2, -0.15) is 0 Å². The zero-order valence-electron chi connectivity index (χ0n) is 19.0. The second-order valence-corrected chi connectivity index (χ2v) is 8.33. The maximum atomic E-state index is 14.6. The molecule has 0 N–H and O–H groups in total. The molecule has 3 aromatic carbocycles. The van der Waals surface area contributed by atoms with Gasteiger partial charge in [0, 0.05) is 29.8 Å². The Morgan fingerprint density at radius 3 is 2.32 bits per heavy atom. The van der Waals surface area contributed by atoms with Crippen molar-refractivity contribution in [2.75, 3.05) is 0 Å². The highest BCUT2D eigenvalue weighted by molar-refractivity contribution is 5.84. The van der Waals surface area contributed by atoms with Crippen LogP contribution < -0.4 is 0 Å².